The molecule has 13 heavy (non-hydrogen) atoms. The van der Waals surface area contributed by atoms with Gasteiger partial charge in [0.1, 0.15) is 17.2 Å². The standard InChI is InChI=1S/C9H8F2O2/c1-9(13,5-12)8-6(10)3-2-4-7(8)11/h2-5,13H,1H3. The van der Waals surface area contributed by atoms with Crippen LogP contribution in [0.2, 0.25) is 0 Å². The molecule has 1 unspecified atom stereocenters. The Balaban J connectivity index is 3.36. The monoisotopic (exact) mass is 186 g/mol. The number of benzene rings is 1. The molecule has 0 radical (unpaired) electrons. The van der Waals surface area contributed by atoms with E-state index in [4.69, 9.17) is 0 Å². The minimum atomic E-state index is -2.12. The number of rotatable bonds is 2. The van der Waals surface area contributed by atoms with Crippen molar-refractivity contribution in [1.82, 2.24) is 0 Å². The Morgan fingerprint density at radius 3 is 2.23 bits per heavy atom. The van der Waals surface area contributed by atoms with Crippen LogP contribution in [0.4, 0.5) is 8.78 Å². The second kappa shape index (κ2) is 3.22. The number of carbonyl (C=O) groups excluding carboxylic acids is 1. The van der Waals surface area contributed by atoms with E-state index in [1.807, 2.05) is 0 Å². The zero-order chi connectivity index (χ0) is 10.1. The second-order valence-electron chi connectivity index (χ2n) is 2.86. The first-order valence-electron chi connectivity index (χ1n) is 3.62. The maximum atomic E-state index is 13.0. The topological polar surface area (TPSA) is 37.3 Å². The summed E-state index contributed by atoms with van der Waals surface area (Å²) in [5.74, 6) is -1.87. The fourth-order valence-corrected chi connectivity index (χ4v) is 1.04. The molecule has 1 rings (SSSR count). The third-order valence-electron chi connectivity index (χ3n) is 1.70. The molecule has 0 saturated heterocycles. The molecule has 0 bridgehead atoms. The van der Waals surface area contributed by atoms with Crippen molar-refractivity contribution in [2.24, 2.45) is 0 Å². The lowest BCUT2D eigenvalue weighted by atomic mass is 9.97. The number of hydrogen-bond donors (Lipinski definition) is 1. The maximum absolute atomic E-state index is 13.0. The molecule has 2 nitrogen and oxygen atoms in total. The summed E-state index contributed by atoms with van der Waals surface area (Å²) in [6.45, 7) is 1.03. The van der Waals surface area contributed by atoms with Gasteiger partial charge >= 0.3 is 0 Å². The van der Waals surface area contributed by atoms with Crippen LogP contribution in [0.5, 0.6) is 0 Å². The molecule has 1 aromatic rings. The number of carbonyl (C=O) groups is 1. The van der Waals surface area contributed by atoms with Crippen molar-refractivity contribution in [3.05, 3.63) is 35.4 Å². The van der Waals surface area contributed by atoms with E-state index in [9.17, 15) is 18.7 Å². The van der Waals surface area contributed by atoms with Crippen LogP contribution in [0.3, 0.4) is 0 Å². The molecular weight excluding hydrogens is 178 g/mol. The molecule has 4 heteroatoms. The molecule has 0 spiro atoms. The van der Waals surface area contributed by atoms with Crippen LogP contribution < -0.4 is 0 Å². The van der Waals surface area contributed by atoms with Gasteiger partial charge in [-0.2, -0.15) is 0 Å². The quantitative estimate of drug-likeness (QED) is 0.708. The van der Waals surface area contributed by atoms with Gasteiger partial charge in [0.25, 0.3) is 0 Å². The van der Waals surface area contributed by atoms with Crippen molar-refractivity contribution in [1.29, 1.82) is 0 Å². The first kappa shape index (κ1) is 9.80. The van der Waals surface area contributed by atoms with Gasteiger partial charge in [0.05, 0.1) is 5.56 Å². The van der Waals surface area contributed by atoms with E-state index in [-0.39, 0.29) is 6.29 Å². The van der Waals surface area contributed by atoms with Crippen molar-refractivity contribution >= 4 is 6.29 Å². The molecule has 0 fully saturated rings. The molecular formula is C9H8F2O2. The molecule has 0 aliphatic rings. The second-order valence-corrected chi connectivity index (χ2v) is 2.86. The summed E-state index contributed by atoms with van der Waals surface area (Å²) in [4.78, 5) is 10.3. The van der Waals surface area contributed by atoms with E-state index in [2.05, 4.69) is 0 Å². The van der Waals surface area contributed by atoms with E-state index in [0.29, 0.717) is 0 Å². The predicted octanol–water partition coefficient (Wildman–Crippen LogP) is 1.37. The molecule has 0 aliphatic heterocycles. The lowest BCUT2D eigenvalue weighted by Crippen LogP contribution is -2.25. The highest BCUT2D eigenvalue weighted by Crippen LogP contribution is 2.24. The summed E-state index contributed by atoms with van der Waals surface area (Å²) in [7, 11) is 0. The van der Waals surface area contributed by atoms with Gasteiger partial charge in [0.2, 0.25) is 0 Å². The maximum Gasteiger partial charge on any atom is 0.156 e. The molecule has 0 aromatic heterocycles. The summed E-state index contributed by atoms with van der Waals surface area (Å²) in [6.07, 6.45) is 0.0918. The minimum Gasteiger partial charge on any atom is -0.378 e. The Kier molecular flexibility index (Phi) is 2.43. The van der Waals surface area contributed by atoms with Gasteiger partial charge in [-0.15, -0.1) is 0 Å². The van der Waals surface area contributed by atoms with E-state index in [1.54, 1.807) is 0 Å². The van der Waals surface area contributed by atoms with Crippen molar-refractivity contribution in [2.75, 3.05) is 0 Å². The molecule has 1 aromatic carbocycles. The van der Waals surface area contributed by atoms with Gasteiger partial charge in [0, 0.05) is 0 Å². The van der Waals surface area contributed by atoms with Gasteiger partial charge in [-0.3, -0.25) is 4.79 Å². The fourth-order valence-electron chi connectivity index (χ4n) is 1.04. The minimum absolute atomic E-state index is 0.0918. The predicted molar refractivity (Wildman–Crippen MR) is 42.0 cm³/mol. The molecule has 0 saturated carbocycles. The Labute approximate surface area is 73.8 Å². The molecule has 70 valence electrons. The Morgan fingerprint density at radius 1 is 1.38 bits per heavy atom. The number of aliphatic hydroxyl groups is 1. The normalized spacial score (nSPS) is 15.1. The van der Waals surface area contributed by atoms with E-state index >= 15 is 0 Å². The first-order valence-corrected chi connectivity index (χ1v) is 3.62. The van der Waals surface area contributed by atoms with E-state index in [0.717, 1.165) is 25.1 Å². The third-order valence-corrected chi connectivity index (χ3v) is 1.70. The summed E-state index contributed by atoms with van der Waals surface area (Å²) in [5, 5.41) is 9.31. The highest BCUT2D eigenvalue weighted by molar-refractivity contribution is 5.65. The summed E-state index contributed by atoms with van der Waals surface area (Å²) < 4.78 is 25.9. The van der Waals surface area contributed by atoms with Crippen LogP contribution in [-0.2, 0) is 10.4 Å². The van der Waals surface area contributed by atoms with Crippen LogP contribution in [0.1, 0.15) is 12.5 Å². The fraction of sp³-hybridized carbons (Fsp3) is 0.222. The highest BCUT2D eigenvalue weighted by atomic mass is 19.1. The first-order chi connectivity index (χ1) is 5.99. The Bertz CT molecular complexity index is 314. The SMILES string of the molecule is CC(O)(C=O)c1c(F)cccc1F. The average Bonchev–Trinajstić information content (AvgIpc) is 2.03. The third kappa shape index (κ3) is 1.72. The number of hydrogen-bond acceptors (Lipinski definition) is 2. The lowest BCUT2D eigenvalue weighted by molar-refractivity contribution is -0.123. The van der Waals surface area contributed by atoms with Gasteiger partial charge in [-0.25, -0.2) is 8.78 Å². The average molecular weight is 186 g/mol. The molecule has 0 amide bonds. The van der Waals surface area contributed by atoms with Crippen LogP contribution in [0, 0.1) is 11.6 Å². The summed E-state index contributed by atoms with van der Waals surface area (Å²) in [6, 6.07) is 3.13. The smallest absolute Gasteiger partial charge is 0.156 e. The highest BCUT2D eigenvalue weighted by Gasteiger charge is 2.29. The molecule has 0 heterocycles. The lowest BCUT2D eigenvalue weighted by Gasteiger charge is -2.17. The summed E-state index contributed by atoms with van der Waals surface area (Å²) >= 11 is 0. The van der Waals surface area contributed by atoms with E-state index < -0.39 is 22.8 Å². The van der Waals surface area contributed by atoms with Gasteiger partial charge in [-0.1, -0.05) is 6.07 Å². The van der Waals surface area contributed by atoms with Crippen LogP contribution in [0.25, 0.3) is 0 Å². The zero-order valence-corrected chi connectivity index (χ0v) is 6.92. The molecule has 1 N–H and O–H groups in total. The van der Waals surface area contributed by atoms with Gasteiger partial charge < -0.3 is 5.11 Å². The number of halogens is 2. The van der Waals surface area contributed by atoms with Crippen molar-refractivity contribution in [2.45, 2.75) is 12.5 Å². The largest absolute Gasteiger partial charge is 0.378 e. The van der Waals surface area contributed by atoms with Crippen LogP contribution in [-0.4, -0.2) is 11.4 Å². The van der Waals surface area contributed by atoms with Crippen molar-refractivity contribution < 1.29 is 18.7 Å². The van der Waals surface area contributed by atoms with Crippen molar-refractivity contribution in [3.63, 3.8) is 0 Å². The van der Waals surface area contributed by atoms with E-state index in [1.165, 1.54) is 0 Å². The summed E-state index contributed by atoms with van der Waals surface area (Å²) in [5.41, 5.74) is -2.74. The zero-order valence-electron chi connectivity index (χ0n) is 6.92. The molecule has 1 atom stereocenters. The number of aldehydes is 1. The van der Waals surface area contributed by atoms with Crippen molar-refractivity contribution in [3.8, 4) is 0 Å². The van der Waals surface area contributed by atoms with Crippen LogP contribution in [0.15, 0.2) is 18.2 Å². The Hall–Kier alpha value is -1.29. The van der Waals surface area contributed by atoms with Crippen LogP contribution >= 0.6 is 0 Å². The van der Waals surface area contributed by atoms with Gasteiger partial charge in [0.15, 0.2) is 6.29 Å². The Morgan fingerprint density at radius 2 is 1.85 bits per heavy atom. The molecule has 0 aliphatic carbocycles. The van der Waals surface area contributed by atoms with Gasteiger partial charge in [-0.05, 0) is 19.1 Å².